The van der Waals surface area contributed by atoms with Crippen LogP contribution in [0.4, 0.5) is 0 Å². The fourth-order valence-corrected chi connectivity index (χ4v) is 7.89. The second-order valence-electron chi connectivity index (χ2n) is 11.8. The van der Waals surface area contributed by atoms with Gasteiger partial charge in [-0.25, -0.2) is 0 Å². The van der Waals surface area contributed by atoms with Crippen LogP contribution in [0.3, 0.4) is 0 Å². The van der Waals surface area contributed by atoms with Crippen LogP contribution in [-0.4, -0.2) is 86.2 Å². The summed E-state index contributed by atoms with van der Waals surface area (Å²) in [5.74, 6) is -1.08. The van der Waals surface area contributed by atoms with Gasteiger partial charge in [-0.2, -0.15) is 0 Å². The van der Waals surface area contributed by atoms with Gasteiger partial charge in [0.15, 0.2) is 35.6 Å². The monoisotopic (exact) mass is 656 g/mol. The van der Waals surface area contributed by atoms with E-state index in [2.05, 4.69) is 0 Å². The van der Waals surface area contributed by atoms with E-state index in [-0.39, 0.29) is 37.3 Å². The number of methoxy groups -OCH3 is 2. The highest BCUT2D eigenvalue weighted by atomic mass is 32.1. The number of cyclic esters (lactones) is 1. The Bertz CT molecular complexity index is 1600. The SMILES string of the molecule is COc1cc([C@@H]2c3cc4c(cc3[C@@H](O[C@@H]3O[C@H]5CO[C@H](c6cccs6)O[C@@H]5[C@@H](O)[C@@H]3O)[C@H]3COC(=O)[C@H]23)OCO4)cc(OC)c1O. The van der Waals surface area contributed by atoms with Crippen molar-refractivity contribution in [3.8, 4) is 28.7 Å². The molecule has 1 aliphatic carbocycles. The number of carbonyl (C=O) groups excluding carboxylic acids is 1. The third-order valence-corrected chi connectivity index (χ3v) is 10.3. The van der Waals surface area contributed by atoms with Gasteiger partial charge in [0.1, 0.15) is 24.4 Å². The van der Waals surface area contributed by atoms with Crippen molar-refractivity contribution in [2.75, 3.05) is 34.2 Å². The number of hydrogen-bond donors (Lipinski definition) is 3. The minimum atomic E-state index is -1.47. The molecule has 244 valence electrons. The van der Waals surface area contributed by atoms with Crippen LogP contribution in [0.1, 0.15) is 39.9 Å². The number of aliphatic hydroxyl groups is 2. The number of fused-ring (bicyclic) bond motifs is 4. The standard InChI is InChI=1S/C32H32O13S/c1-37-19-6-13(7-20(38-2)25(19)33)23-14-8-17-18(42-12-41-17)9-15(14)28(16-10-39-30(36)24(16)23)44-32-27(35)26(34)29-21(43-32)11-40-31(45-29)22-4-3-5-46-22/h3-9,16,21,23-24,26-29,31-35H,10-12H2,1-2H3/t16-,21-,23+,24-,26-,27-,28+,29-,31-,32-/m0/s1. The summed E-state index contributed by atoms with van der Waals surface area (Å²) >= 11 is 1.46. The van der Waals surface area contributed by atoms with Crippen molar-refractivity contribution < 1.29 is 62.7 Å². The van der Waals surface area contributed by atoms with Crippen LogP contribution in [-0.2, 0) is 28.5 Å². The second-order valence-corrected chi connectivity index (χ2v) is 12.7. The molecule has 5 heterocycles. The number of phenolic OH excluding ortho intramolecular Hbond substituents is 1. The molecule has 0 radical (unpaired) electrons. The van der Waals surface area contributed by atoms with Gasteiger partial charge in [0.25, 0.3) is 0 Å². The molecule has 2 aromatic carbocycles. The average molecular weight is 657 g/mol. The first-order valence-corrected chi connectivity index (χ1v) is 15.8. The lowest BCUT2D eigenvalue weighted by Crippen LogP contribution is -2.62. The van der Waals surface area contributed by atoms with E-state index >= 15 is 0 Å². The molecule has 5 aliphatic rings. The molecule has 0 amide bonds. The lowest BCUT2D eigenvalue weighted by molar-refractivity contribution is -0.368. The van der Waals surface area contributed by atoms with Crippen molar-refractivity contribution in [2.45, 2.75) is 49.0 Å². The topological polar surface area (TPSA) is 161 Å². The molecule has 0 unspecified atom stereocenters. The van der Waals surface area contributed by atoms with Gasteiger partial charge >= 0.3 is 5.97 Å². The number of aromatic hydroxyl groups is 1. The van der Waals surface area contributed by atoms with E-state index in [1.807, 2.05) is 23.6 Å². The first kappa shape index (κ1) is 29.8. The van der Waals surface area contributed by atoms with Crippen LogP contribution in [0, 0.1) is 11.8 Å². The number of rotatable bonds is 6. The number of carbonyl (C=O) groups is 1. The van der Waals surface area contributed by atoms with E-state index in [1.54, 1.807) is 18.2 Å². The predicted octanol–water partition coefficient (Wildman–Crippen LogP) is 2.75. The second kappa shape index (κ2) is 11.6. The normalized spacial score (nSPS) is 34.3. The largest absolute Gasteiger partial charge is 0.502 e. The van der Waals surface area contributed by atoms with Gasteiger partial charge in [-0.05, 0) is 52.4 Å². The third kappa shape index (κ3) is 4.70. The highest BCUT2D eigenvalue weighted by Gasteiger charge is 2.56. The molecule has 3 aromatic rings. The van der Waals surface area contributed by atoms with Crippen LogP contribution < -0.4 is 18.9 Å². The zero-order valence-corrected chi connectivity index (χ0v) is 25.6. The molecule has 0 spiro atoms. The Morgan fingerprint density at radius 3 is 2.35 bits per heavy atom. The van der Waals surface area contributed by atoms with Crippen LogP contribution in [0.5, 0.6) is 28.7 Å². The molecular weight excluding hydrogens is 624 g/mol. The van der Waals surface area contributed by atoms with Crippen LogP contribution >= 0.6 is 11.3 Å². The molecule has 3 saturated heterocycles. The molecular formula is C32H32O13S. The summed E-state index contributed by atoms with van der Waals surface area (Å²) in [6.07, 6.45) is -7.16. The molecule has 14 heteroatoms. The smallest absolute Gasteiger partial charge is 0.310 e. The predicted molar refractivity (Wildman–Crippen MR) is 156 cm³/mol. The van der Waals surface area contributed by atoms with Crippen molar-refractivity contribution in [2.24, 2.45) is 11.8 Å². The summed E-state index contributed by atoms with van der Waals surface area (Å²) in [6, 6.07) is 10.7. The van der Waals surface area contributed by atoms with Gasteiger partial charge in [0.05, 0.1) is 44.3 Å². The van der Waals surface area contributed by atoms with Crippen LogP contribution in [0.2, 0.25) is 0 Å². The van der Waals surface area contributed by atoms with E-state index < -0.39 is 66.8 Å². The zero-order chi connectivity index (χ0) is 31.7. The highest BCUT2D eigenvalue weighted by molar-refractivity contribution is 7.10. The fraction of sp³-hybridized carbons (Fsp3) is 0.469. The number of aliphatic hydroxyl groups excluding tert-OH is 2. The minimum absolute atomic E-state index is 0.0242. The molecule has 3 fully saturated rings. The Hall–Kier alpha value is -3.63. The van der Waals surface area contributed by atoms with Crippen LogP contribution in [0.15, 0.2) is 41.8 Å². The first-order chi connectivity index (χ1) is 22.4. The number of benzene rings is 2. The van der Waals surface area contributed by atoms with Crippen molar-refractivity contribution in [1.29, 1.82) is 0 Å². The van der Waals surface area contributed by atoms with Crippen molar-refractivity contribution >= 4 is 17.3 Å². The van der Waals surface area contributed by atoms with Gasteiger partial charge in [-0.15, -0.1) is 11.3 Å². The highest BCUT2D eigenvalue weighted by Crippen LogP contribution is 2.57. The van der Waals surface area contributed by atoms with Gasteiger partial charge in [-0.1, -0.05) is 6.07 Å². The van der Waals surface area contributed by atoms with E-state index in [1.165, 1.54) is 25.6 Å². The number of hydrogen-bond acceptors (Lipinski definition) is 14. The molecule has 13 nitrogen and oxygen atoms in total. The Balaban J connectivity index is 1.16. The maximum absolute atomic E-state index is 13.5. The third-order valence-electron chi connectivity index (χ3n) is 9.37. The zero-order valence-electron chi connectivity index (χ0n) is 24.8. The minimum Gasteiger partial charge on any atom is -0.502 e. The summed E-state index contributed by atoms with van der Waals surface area (Å²) in [5.41, 5.74) is 2.00. The quantitative estimate of drug-likeness (QED) is 0.333. The Morgan fingerprint density at radius 1 is 0.913 bits per heavy atom. The maximum Gasteiger partial charge on any atom is 0.310 e. The molecule has 10 atom stereocenters. The van der Waals surface area contributed by atoms with Crippen LogP contribution in [0.25, 0.3) is 0 Å². The molecule has 3 N–H and O–H groups in total. The first-order valence-electron chi connectivity index (χ1n) is 14.9. The molecule has 0 bridgehead atoms. The van der Waals surface area contributed by atoms with E-state index in [4.69, 9.17) is 42.6 Å². The van der Waals surface area contributed by atoms with Gasteiger partial charge < -0.3 is 58.0 Å². The molecule has 46 heavy (non-hydrogen) atoms. The number of phenols is 1. The van der Waals surface area contributed by atoms with Gasteiger partial charge in [0, 0.05) is 11.8 Å². The van der Waals surface area contributed by atoms with Gasteiger partial charge in [0.2, 0.25) is 12.5 Å². The number of thiophene rings is 1. The lowest BCUT2D eigenvalue weighted by Gasteiger charge is -2.48. The van der Waals surface area contributed by atoms with Crippen molar-refractivity contribution in [3.05, 3.63) is 63.3 Å². The van der Waals surface area contributed by atoms with E-state index in [0.29, 0.717) is 28.2 Å². The Kier molecular flexibility index (Phi) is 7.48. The Morgan fingerprint density at radius 2 is 1.65 bits per heavy atom. The fourth-order valence-electron chi connectivity index (χ4n) is 7.18. The van der Waals surface area contributed by atoms with E-state index in [9.17, 15) is 20.1 Å². The maximum atomic E-state index is 13.5. The molecule has 1 aromatic heterocycles. The number of ether oxygens (including phenoxy) is 9. The summed E-state index contributed by atoms with van der Waals surface area (Å²) in [4.78, 5) is 14.3. The summed E-state index contributed by atoms with van der Waals surface area (Å²) in [5, 5.41) is 35.0. The molecule has 8 rings (SSSR count). The van der Waals surface area contributed by atoms with Crippen molar-refractivity contribution in [1.82, 2.24) is 0 Å². The molecule has 4 aliphatic heterocycles. The lowest BCUT2D eigenvalue weighted by atomic mass is 9.66. The summed E-state index contributed by atoms with van der Waals surface area (Å²) in [7, 11) is 2.86. The van der Waals surface area contributed by atoms with Crippen molar-refractivity contribution in [3.63, 3.8) is 0 Å². The summed E-state index contributed by atoms with van der Waals surface area (Å²) in [6.45, 7) is 0.171. The average Bonchev–Trinajstić information content (AvgIpc) is 3.85. The molecule has 0 saturated carbocycles. The number of esters is 1. The Labute approximate surface area is 267 Å². The summed E-state index contributed by atoms with van der Waals surface area (Å²) < 4.78 is 52.6. The van der Waals surface area contributed by atoms with Gasteiger partial charge in [-0.3, -0.25) is 4.79 Å². The van der Waals surface area contributed by atoms with E-state index in [0.717, 1.165) is 4.88 Å².